The van der Waals surface area contributed by atoms with Crippen molar-refractivity contribution in [1.29, 1.82) is 0 Å². The Morgan fingerprint density at radius 3 is 2.50 bits per heavy atom. The maximum absolute atomic E-state index is 12.7. The summed E-state index contributed by atoms with van der Waals surface area (Å²) in [6.45, 7) is 0. The molecule has 0 heterocycles. The van der Waals surface area contributed by atoms with Crippen molar-refractivity contribution in [3.8, 4) is 0 Å². The molecule has 1 atom stereocenters. The monoisotopic (exact) mass is 261 g/mol. The Hall–Kier alpha value is -2.05. The second-order valence-electron chi connectivity index (χ2n) is 3.52. The Labute approximate surface area is 100 Å². The van der Waals surface area contributed by atoms with Crippen molar-refractivity contribution < 1.29 is 27.9 Å². The molecule has 0 bridgehead atoms. The molecule has 0 aliphatic rings. The number of carbonyl (C=O) groups is 2. The van der Waals surface area contributed by atoms with Gasteiger partial charge in [-0.05, 0) is 11.6 Å². The normalized spacial score (nSPS) is 12.8. The van der Waals surface area contributed by atoms with Crippen LogP contribution in [0.2, 0.25) is 0 Å². The second kappa shape index (κ2) is 5.52. The van der Waals surface area contributed by atoms with Gasteiger partial charge >= 0.3 is 12.1 Å². The molecule has 0 spiro atoms. The summed E-state index contributed by atoms with van der Waals surface area (Å²) in [5, 5.41) is 10.7. The van der Waals surface area contributed by atoms with E-state index in [0.29, 0.717) is 0 Å². The number of halogens is 3. The number of hydrogen-bond acceptors (Lipinski definition) is 2. The lowest BCUT2D eigenvalue weighted by Crippen LogP contribution is -2.25. The van der Waals surface area contributed by atoms with Gasteiger partial charge in [-0.2, -0.15) is 13.2 Å². The quantitative estimate of drug-likeness (QED) is 0.796. The third kappa shape index (κ3) is 3.47. The van der Waals surface area contributed by atoms with E-state index < -0.39 is 30.2 Å². The van der Waals surface area contributed by atoms with E-state index in [9.17, 15) is 22.8 Å². The lowest BCUT2D eigenvalue weighted by Gasteiger charge is -2.19. The Balaban J connectivity index is 3.19. The van der Waals surface area contributed by atoms with Gasteiger partial charge in [0.15, 0.2) is 0 Å². The third-order valence-electron chi connectivity index (χ3n) is 2.29. The summed E-state index contributed by atoms with van der Waals surface area (Å²) in [7, 11) is 0. The van der Waals surface area contributed by atoms with Crippen LogP contribution in [-0.4, -0.2) is 17.5 Å². The molecule has 1 aromatic rings. The highest BCUT2D eigenvalue weighted by Crippen LogP contribution is 2.35. The molecule has 98 valence electrons. The van der Waals surface area contributed by atoms with Crippen molar-refractivity contribution >= 4 is 12.4 Å². The summed E-state index contributed by atoms with van der Waals surface area (Å²) in [4.78, 5) is 20.9. The number of rotatable bonds is 5. The smallest absolute Gasteiger partial charge is 0.416 e. The molecular weight excluding hydrogens is 251 g/mol. The summed E-state index contributed by atoms with van der Waals surface area (Å²) in [5.74, 6) is -1.30. The first-order valence-electron chi connectivity index (χ1n) is 4.94. The highest BCUT2D eigenvalue weighted by molar-refractivity contribution is 5.69. The first-order valence-corrected chi connectivity index (χ1v) is 4.94. The third-order valence-corrected chi connectivity index (χ3v) is 2.29. The molecule has 0 unspecified atom stereocenters. The van der Waals surface area contributed by atoms with Crippen LogP contribution in [0.15, 0.2) is 24.3 Å². The van der Waals surface area contributed by atoms with Crippen LogP contribution >= 0.6 is 0 Å². The van der Waals surface area contributed by atoms with E-state index >= 15 is 0 Å². The molecule has 4 nitrogen and oxygen atoms in total. The van der Waals surface area contributed by atoms with Gasteiger partial charge in [-0.25, -0.2) is 0 Å². The highest BCUT2D eigenvalue weighted by atomic mass is 19.4. The van der Waals surface area contributed by atoms with Crippen LogP contribution in [0.25, 0.3) is 0 Å². The zero-order valence-corrected chi connectivity index (χ0v) is 9.07. The SMILES string of the molecule is O=CN[C@H](CC(=O)O)c1ccccc1C(F)(F)F. The van der Waals surface area contributed by atoms with Crippen LogP contribution in [0.5, 0.6) is 0 Å². The first-order chi connectivity index (χ1) is 8.36. The number of nitrogens with one attached hydrogen (secondary N) is 1. The van der Waals surface area contributed by atoms with Crippen LogP contribution in [0, 0.1) is 0 Å². The largest absolute Gasteiger partial charge is 0.481 e. The molecule has 0 fully saturated rings. The van der Waals surface area contributed by atoms with Gasteiger partial charge in [0.05, 0.1) is 18.0 Å². The molecule has 0 radical (unpaired) electrons. The van der Waals surface area contributed by atoms with Crippen molar-refractivity contribution in [2.75, 3.05) is 0 Å². The van der Waals surface area contributed by atoms with Gasteiger partial charge in [0.2, 0.25) is 6.41 Å². The van der Waals surface area contributed by atoms with E-state index in [1.165, 1.54) is 12.1 Å². The number of amides is 1. The molecule has 1 amide bonds. The lowest BCUT2D eigenvalue weighted by molar-refractivity contribution is -0.141. The van der Waals surface area contributed by atoms with Crippen molar-refractivity contribution in [2.24, 2.45) is 0 Å². The fourth-order valence-corrected chi connectivity index (χ4v) is 1.57. The number of alkyl halides is 3. The molecule has 0 aromatic heterocycles. The summed E-state index contributed by atoms with van der Waals surface area (Å²) < 4.78 is 38.2. The number of carboxylic acids is 1. The fourth-order valence-electron chi connectivity index (χ4n) is 1.57. The average Bonchev–Trinajstić information content (AvgIpc) is 2.27. The van der Waals surface area contributed by atoms with E-state index in [1.807, 2.05) is 0 Å². The molecule has 0 saturated carbocycles. The molecule has 7 heteroatoms. The minimum absolute atomic E-state index is 0.181. The molecule has 18 heavy (non-hydrogen) atoms. The summed E-state index contributed by atoms with van der Waals surface area (Å²) in [6, 6.07) is 3.33. The zero-order chi connectivity index (χ0) is 13.8. The van der Waals surface area contributed by atoms with Crippen LogP contribution in [-0.2, 0) is 15.8 Å². The summed E-state index contributed by atoms with van der Waals surface area (Å²) >= 11 is 0. The molecule has 0 aliphatic heterocycles. The molecule has 2 N–H and O–H groups in total. The van der Waals surface area contributed by atoms with Crippen molar-refractivity contribution in [3.05, 3.63) is 35.4 Å². The van der Waals surface area contributed by atoms with E-state index in [2.05, 4.69) is 5.32 Å². The standard InChI is InChI=1S/C11H10F3NO3/c12-11(13,14)8-4-2-1-3-7(8)9(15-6-16)5-10(17)18/h1-4,6,9H,5H2,(H,15,16)(H,17,18)/t9-/m1/s1. The van der Waals surface area contributed by atoms with Gasteiger partial charge < -0.3 is 10.4 Å². The predicted molar refractivity (Wildman–Crippen MR) is 55.6 cm³/mol. The van der Waals surface area contributed by atoms with E-state index in [1.54, 1.807) is 0 Å². The van der Waals surface area contributed by atoms with Crippen LogP contribution in [0.4, 0.5) is 13.2 Å². The van der Waals surface area contributed by atoms with E-state index in [-0.39, 0.29) is 12.0 Å². The van der Waals surface area contributed by atoms with Crippen molar-refractivity contribution in [1.82, 2.24) is 5.32 Å². The maximum Gasteiger partial charge on any atom is 0.416 e. The Morgan fingerprint density at radius 1 is 1.39 bits per heavy atom. The van der Waals surface area contributed by atoms with E-state index in [4.69, 9.17) is 5.11 Å². The van der Waals surface area contributed by atoms with Crippen LogP contribution < -0.4 is 5.32 Å². The van der Waals surface area contributed by atoms with Gasteiger partial charge in [0.1, 0.15) is 0 Å². The van der Waals surface area contributed by atoms with Crippen LogP contribution in [0.1, 0.15) is 23.6 Å². The maximum atomic E-state index is 12.7. The van der Waals surface area contributed by atoms with Crippen molar-refractivity contribution in [3.63, 3.8) is 0 Å². The average molecular weight is 261 g/mol. The predicted octanol–water partition coefficient (Wildman–Crippen LogP) is 1.97. The first kappa shape index (κ1) is 14.0. The zero-order valence-electron chi connectivity index (χ0n) is 9.07. The van der Waals surface area contributed by atoms with Gasteiger partial charge in [0.25, 0.3) is 0 Å². The Kier molecular flexibility index (Phi) is 4.30. The Morgan fingerprint density at radius 2 is 2.00 bits per heavy atom. The topological polar surface area (TPSA) is 66.4 Å². The van der Waals surface area contributed by atoms with Gasteiger partial charge in [-0.1, -0.05) is 18.2 Å². The number of hydrogen-bond donors (Lipinski definition) is 2. The second-order valence-corrected chi connectivity index (χ2v) is 3.52. The lowest BCUT2D eigenvalue weighted by atomic mass is 9.97. The minimum atomic E-state index is -4.60. The minimum Gasteiger partial charge on any atom is -0.481 e. The number of benzene rings is 1. The number of aliphatic carboxylic acids is 1. The molecule has 1 aromatic carbocycles. The highest BCUT2D eigenvalue weighted by Gasteiger charge is 2.35. The summed E-state index contributed by atoms with van der Waals surface area (Å²) in [5.41, 5.74) is -1.22. The van der Waals surface area contributed by atoms with Gasteiger partial charge in [0, 0.05) is 0 Å². The molecular formula is C11H10F3NO3. The molecule has 0 aliphatic carbocycles. The Bertz CT molecular complexity index is 445. The van der Waals surface area contributed by atoms with Gasteiger partial charge in [-0.15, -0.1) is 0 Å². The summed E-state index contributed by atoms with van der Waals surface area (Å²) in [6.07, 6.45) is -5.04. The van der Waals surface area contributed by atoms with Gasteiger partial charge in [-0.3, -0.25) is 9.59 Å². The molecule has 1 rings (SSSR count). The number of carboxylic acid groups (broad SMARTS) is 1. The fraction of sp³-hybridized carbons (Fsp3) is 0.273. The van der Waals surface area contributed by atoms with E-state index in [0.717, 1.165) is 12.1 Å². The van der Waals surface area contributed by atoms with Crippen LogP contribution in [0.3, 0.4) is 0 Å². The molecule has 0 saturated heterocycles. The van der Waals surface area contributed by atoms with Crippen molar-refractivity contribution in [2.45, 2.75) is 18.6 Å². The number of carbonyl (C=O) groups excluding carboxylic acids is 1.